The van der Waals surface area contributed by atoms with E-state index in [2.05, 4.69) is 15.3 Å². The lowest BCUT2D eigenvalue weighted by Gasteiger charge is -2.26. The van der Waals surface area contributed by atoms with Crippen LogP contribution in [0.15, 0.2) is 76.2 Å². The maximum atomic E-state index is 13.7. The quantitative estimate of drug-likeness (QED) is 0.263. The molecule has 42 heavy (non-hydrogen) atoms. The lowest BCUT2D eigenvalue weighted by atomic mass is 10.1. The van der Waals surface area contributed by atoms with Gasteiger partial charge in [-0.3, -0.25) is 10.3 Å². The fourth-order valence-corrected chi connectivity index (χ4v) is 4.48. The van der Waals surface area contributed by atoms with E-state index >= 15 is 0 Å². The molecule has 0 unspecified atom stereocenters. The van der Waals surface area contributed by atoms with E-state index in [1.54, 1.807) is 64.2 Å². The summed E-state index contributed by atoms with van der Waals surface area (Å²) >= 11 is 0. The fourth-order valence-electron chi connectivity index (χ4n) is 4.48. The third kappa shape index (κ3) is 7.93. The molecule has 0 aliphatic heterocycles. The van der Waals surface area contributed by atoms with Crippen LogP contribution in [0, 0.1) is 6.92 Å². The summed E-state index contributed by atoms with van der Waals surface area (Å²) in [5.74, 6) is 0. The second-order valence-corrected chi connectivity index (χ2v) is 11.1. The van der Waals surface area contributed by atoms with Crippen LogP contribution in [0.3, 0.4) is 0 Å². The molecule has 0 saturated carbocycles. The largest absolute Gasteiger partial charge is 0.444 e. The van der Waals surface area contributed by atoms with E-state index in [1.165, 1.54) is 4.90 Å². The van der Waals surface area contributed by atoms with Crippen molar-refractivity contribution >= 4 is 34.7 Å². The molecule has 0 aliphatic carbocycles. The molecule has 1 N–H and O–H groups in total. The van der Waals surface area contributed by atoms with Crippen molar-refractivity contribution in [3.05, 3.63) is 94.1 Å². The van der Waals surface area contributed by atoms with Crippen LogP contribution in [0.25, 0.3) is 10.9 Å². The van der Waals surface area contributed by atoms with E-state index in [0.717, 1.165) is 17.5 Å². The first-order valence-corrected chi connectivity index (χ1v) is 13.9. The second kappa shape index (κ2) is 13.3. The van der Waals surface area contributed by atoms with Gasteiger partial charge in [0, 0.05) is 38.2 Å². The molecule has 0 aliphatic rings. The van der Waals surface area contributed by atoms with E-state index < -0.39 is 17.3 Å². The Hall–Kier alpha value is -4.73. The second-order valence-electron chi connectivity index (χ2n) is 11.1. The summed E-state index contributed by atoms with van der Waals surface area (Å²) in [5.41, 5.74) is 2.07. The number of urea groups is 1. The number of hydrogen-bond acceptors (Lipinski definition) is 7. The third-order valence-electron chi connectivity index (χ3n) is 6.62. The van der Waals surface area contributed by atoms with E-state index in [1.807, 2.05) is 42.5 Å². The molecule has 4 aromatic rings. The highest BCUT2D eigenvalue weighted by molar-refractivity contribution is 5.94. The molecule has 10 nitrogen and oxygen atoms in total. The molecular formula is C32H37N5O5. The zero-order chi connectivity index (χ0) is 30.3. The molecule has 10 heteroatoms. The van der Waals surface area contributed by atoms with Gasteiger partial charge in [0.1, 0.15) is 5.60 Å². The van der Waals surface area contributed by atoms with Gasteiger partial charge in [-0.05, 0) is 81.8 Å². The Morgan fingerprint density at radius 2 is 1.71 bits per heavy atom. The number of hydrogen-bond donors (Lipinski definition) is 1. The Labute approximate surface area is 245 Å². The molecule has 0 fully saturated rings. The van der Waals surface area contributed by atoms with Crippen molar-refractivity contribution in [1.29, 1.82) is 0 Å². The van der Waals surface area contributed by atoms with Gasteiger partial charge in [-0.2, -0.15) is 4.98 Å². The molecule has 220 valence electrons. The summed E-state index contributed by atoms with van der Waals surface area (Å²) in [7, 11) is 1.71. The minimum absolute atomic E-state index is 0.0777. The molecule has 2 heterocycles. The Kier molecular flexibility index (Phi) is 9.57. The van der Waals surface area contributed by atoms with Crippen molar-refractivity contribution in [3.8, 4) is 0 Å². The predicted octanol–water partition coefficient (Wildman–Crippen LogP) is 5.97. The molecular weight excluding hydrogens is 534 g/mol. The van der Waals surface area contributed by atoms with Crippen LogP contribution < -0.4 is 15.8 Å². The number of pyridine rings is 1. The van der Waals surface area contributed by atoms with Crippen LogP contribution in [0.2, 0.25) is 0 Å². The van der Waals surface area contributed by atoms with Gasteiger partial charge in [0.05, 0.1) is 10.9 Å². The van der Waals surface area contributed by atoms with Gasteiger partial charge in [0.2, 0.25) is 0 Å². The maximum absolute atomic E-state index is 13.7. The standard InChI is InChI=1S/C32H37N5O5/c1-22-25(35-30(39)42-32(2,3)4)15-16-26-27(22)28(38)41-29(34-26)37(19-10-14-23-11-7-6-8-12-23)31(40)36(5)20-17-24-13-9-18-33-21-24/h6-9,11-13,15-16,18,21H,10,14,17,19-20H2,1-5H3,(H,35,39). The number of carbonyl (C=O) groups is 2. The number of aryl methyl sites for hydroxylation is 2. The van der Waals surface area contributed by atoms with Crippen molar-refractivity contribution in [2.75, 3.05) is 30.4 Å². The average molecular weight is 572 g/mol. The first kappa shape index (κ1) is 30.2. The summed E-state index contributed by atoms with van der Waals surface area (Å²) in [4.78, 5) is 51.0. The van der Waals surface area contributed by atoms with Crippen LogP contribution in [0.1, 0.15) is 43.9 Å². The highest BCUT2D eigenvalue weighted by atomic mass is 16.6. The number of nitrogens with one attached hydrogen (secondary N) is 1. The molecule has 2 aromatic heterocycles. The highest BCUT2D eigenvalue weighted by Crippen LogP contribution is 2.25. The van der Waals surface area contributed by atoms with Gasteiger partial charge >= 0.3 is 23.8 Å². The zero-order valence-electron chi connectivity index (χ0n) is 24.7. The number of anilines is 2. The van der Waals surface area contributed by atoms with Crippen LogP contribution >= 0.6 is 0 Å². The third-order valence-corrected chi connectivity index (χ3v) is 6.62. The molecule has 4 rings (SSSR count). The van der Waals surface area contributed by atoms with Gasteiger partial charge in [0.25, 0.3) is 0 Å². The monoisotopic (exact) mass is 571 g/mol. The number of carbonyl (C=O) groups excluding carboxylic acids is 2. The van der Waals surface area contributed by atoms with Crippen molar-refractivity contribution in [2.24, 2.45) is 0 Å². The van der Waals surface area contributed by atoms with E-state index in [0.29, 0.717) is 42.7 Å². The van der Waals surface area contributed by atoms with E-state index in [4.69, 9.17) is 9.15 Å². The lowest BCUT2D eigenvalue weighted by molar-refractivity contribution is 0.0635. The Balaban J connectivity index is 1.60. The number of fused-ring (bicyclic) bond motifs is 1. The number of amides is 3. The fraction of sp³-hybridized carbons (Fsp3) is 0.344. The van der Waals surface area contributed by atoms with E-state index in [9.17, 15) is 14.4 Å². The van der Waals surface area contributed by atoms with Crippen molar-refractivity contribution < 1.29 is 18.7 Å². The smallest absolute Gasteiger partial charge is 0.412 e. The minimum Gasteiger partial charge on any atom is -0.444 e. The van der Waals surface area contributed by atoms with Crippen molar-refractivity contribution in [1.82, 2.24) is 14.9 Å². The number of aromatic nitrogens is 2. The topological polar surface area (TPSA) is 118 Å². The van der Waals surface area contributed by atoms with Crippen LogP contribution in [-0.2, 0) is 17.6 Å². The van der Waals surface area contributed by atoms with E-state index in [-0.39, 0.29) is 17.4 Å². The SMILES string of the molecule is Cc1c(NC(=O)OC(C)(C)C)ccc2nc(N(CCCc3ccccc3)C(=O)N(C)CCc3cccnc3)oc(=O)c12. The molecule has 3 amide bonds. The number of ether oxygens (including phenoxy) is 1. The summed E-state index contributed by atoms with van der Waals surface area (Å²) in [6.45, 7) is 7.73. The first-order chi connectivity index (χ1) is 20.0. The number of nitrogens with zero attached hydrogens (tertiary/aromatic N) is 4. The molecule has 2 aromatic carbocycles. The molecule has 0 spiro atoms. The average Bonchev–Trinajstić information content (AvgIpc) is 2.95. The molecule has 0 radical (unpaired) electrons. The maximum Gasteiger partial charge on any atom is 0.412 e. The van der Waals surface area contributed by atoms with Crippen LogP contribution in [-0.4, -0.2) is 52.7 Å². The van der Waals surface area contributed by atoms with Gasteiger partial charge in [-0.25, -0.2) is 19.3 Å². The van der Waals surface area contributed by atoms with Gasteiger partial charge in [-0.15, -0.1) is 0 Å². The first-order valence-electron chi connectivity index (χ1n) is 13.9. The Morgan fingerprint density at radius 1 is 0.976 bits per heavy atom. The van der Waals surface area contributed by atoms with Crippen LogP contribution in [0.4, 0.5) is 21.3 Å². The number of likely N-dealkylation sites (N-methyl/N-ethyl adjacent to an activating group) is 1. The summed E-state index contributed by atoms with van der Waals surface area (Å²) in [6.07, 6.45) is 4.83. The normalized spacial score (nSPS) is 11.3. The zero-order valence-corrected chi connectivity index (χ0v) is 24.7. The number of benzene rings is 2. The number of rotatable bonds is 9. The lowest BCUT2D eigenvalue weighted by Crippen LogP contribution is -2.43. The summed E-state index contributed by atoms with van der Waals surface area (Å²) in [6, 6.07) is 16.7. The predicted molar refractivity (Wildman–Crippen MR) is 163 cm³/mol. The minimum atomic E-state index is -0.675. The van der Waals surface area contributed by atoms with Crippen molar-refractivity contribution in [2.45, 2.75) is 52.6 Å². The summed E-state index contributed by atoms with van der Waals surface area (Å²) < 4.78 is 11.0. The summed E-state index contributed by atoms with van der Waals surface area (Å²) in [5, 5.41) is 2.90. The molecule has 0 bridgehead atoms. The van der Waals surface area contributed by atoms with Crippen molar-refractivity contribution in [3.63, 3.8) is 0 Å². The molecule has 0 atom stereocenters. The Bertz CT molecular complexity index is 1580. The highest BCUT2D eigenvalue weighted by Gasteiger charge is 2.25. The van der Waals surface area contributed by atoms with Crippen LogP contribution in [0.5, 0.6) is 0 Å². The Morgan fingerprint density at radius 3 is 2.40 bits per heavy atom. The van der Waals surface area contributed by atoms with Gasteiger partial charge < -0.3 is 14.1 Å². The van der Waals surface area contributed by atoms with Gasteiger partial charge in [0.15, 0.2) is 0 Å². The van der Waals surface area contributed by atoms with Gasteiger partial charge in [-0.1, -0.05) is 36.4 Å². The molecule has 0 saturated heterocycles.